The van der Waals surface area contributed by atoms with Crippen molar-refractivity contribution in [1.82, 2.24) is 4.57 Å². The van der Waals surface area contributed by atoms with Crippen LogP contribution in [-0.4, -0.2) is 32.3 Å². The van der Waals surface area contributed by atoms with Crippen molar-refractivity contribution >= 4 is 21.7 Å². The van der Waals surface area contributed by atoms with E-state index in [1.54, 1.807) is 12.1 Å². The summed E-state index contributed by atoms with van der Waals surface area (Å²) < 4.78 is 39.4. The van der Waals surface area contributed by atoms with E-state index in [-0.39, 0.29) is 11.3 Å². The molecule has 4 aromatic rings. The van der Waals surface area contributed by atoms with Crippen molar-refractivity contribution in [2.75, 3.05) is 18.1 Å². The van der Waals surface area contributed by atoms with Crippen molar-refractivity contribution in [3.8, 4) is 22.7 Å². The minimum Gasteiger partial charge on any atom is -0.488 e. The number of hydrogen-bond donors (Lipinski definition) is 1. The van der Waals surface area contributed by atoms with Gasteiger partial charge in [0.1, 0.15) is 12.4 Å². The van der Waals surface area contributed by atoms with E-state index in [9.17, 15) is 13.2 Å². The number of aromatic nitrogens is 1. The lowest BCUT2D eigenvalue weighted by Gasteiger charge is -2.18. The molecule has 0 saturated heterocycles. The Kier molecular flexibility index (Phi) is 7.17. The molecule has 0 aliphatic carbocycles. The summed E-state index contributed by atoms with van der Waals surface area (Å²) in [5.41, 5.74) is 5.82. The Hall–Kier alpha value is -4.04. The Bertz CT molecular complexity index is 1510. The Morgan fingerprint density at radius 2 is 1.69 bits per heavy atom. The Labute approximate surface area is 211 Å². The van der Waals surface area contributed by atoms with E-state index in [1.165, 1.54) is 13.2 Å². The maximum atomic E-state index is 12.4. The smallest absolute Gasteiger partial charge is 0.337 e. The fraction of sp³-hybridized carbons (Fsp3) is 0.179. The molecule has 1 heterocycles. The molecule has 0 radical (unpaired) electrons. The number of nitrogens with one attached hydrogen (secondary N) is 1. The number of rotatable bonds is 8. The summed E-state index contributed by atoms with van der Waals surface area (Å²) in [4.78, 5) is 12.4. The quantitative estimate of drug-likeness (QED) is 0.320. The van der Waals surface area contributed by atoms with Gasteiger partial charge < -0.3 is 14.0 Å². The van der Waals surface area contributed by atoms with Gasteiger partial charge in [-0.2, -0.15) is 0 Å². The summed E-state index contributed by atoms with van der Waals surface area (Å²) in [5, 5.41) is 0. The standard InChI is InChI=1S/C28H28N2O5S/c1-19-10-13-27(35-18-21-8-6-5-7-9-21)25(14-19)26-12-11-20(2)30(26)24-16-22(28(31)34-3)15-23(17-24)29-36(4,32)33/h5-17,29H,18H2,1-4H3. The Balaban J connectivity index is 1.83. The Morgan fingerprint density at radius 3 is 2.39 bits per heavy atom. The van der Waals surface area contributed by atoms with Gasteiger partial charge in [0.25, 0.3) is 0 Å². The molecular formula is C28H28N2O5S. The highest BCUT2D eigenvalue weighted by Crippen LogP contribution is 2.35. The number of nitrogens with zero attached hydrogens (tertiary/aromatic N) is 1. The Morgan fingerprint density at radius 1 is 0.944 bits per heavy atom. The normalized spacial score (nSPS) is 11.2. The molecule has 0 aliphatic rings. The molecule has 0 saturated carbocycles. The molecule has 7 nitrogen and oxygen atoms in total. The molecule has 0 bridgehead atoms. The van der Waals surface area contributed by atoms with Crippen LogP contribution in [0.5, 0.6) is 5.75 Å². The lowest BCUT2D eigenvalue weighted by Crippen LogP contribution is -2.12. The zero-order valence-electron chi connectivity index (χ0n) is 20.6. The van der Waals surface area contributed by atoms with Crippen LogP contribution in [0.3, 0.4) is 0 Å². The van der Waals surface area contributed by atoms with E-state index in [0.29, 0.717) is 18.0 Å². The third kappa shape index (κ3) is 5.78. The number of methoxy groups -OCH3 is 1. The van der Waals surface area contributed by atoms with Gasteiger partial charge in [0.05, 0.1) is 30.3 Å². The zero-order valence-corrected chi connectivity index (χ0v) is 21.4. The van der Waals surface area contributed by atoms with Gasteiger partial charge in [0.15, 0.2) is 0 Å². The molecule has 0 amide bonds. The summed E-state index contributed by atoms with van der Waals surface area (Å²) in [6.45, 7) is 4.37. The molecular weight excluding hydrogens is 476 g/mol. The third-order valence-corrected chi connectivity index (χ3v) is 6.23. The minimum atomic E-state index is -3.56. The predicted octanol–water partition coefficient (Wildman–Crippen LogP) is 5.50. The van der Waals surface area contributed by atoms with Crippen molar-refractivity contribution in [1.29, 1.82) is 0 Å². The first-order valence-corrected chi connectivity index (χ1v) is 13.2. The lowest BCUT2D eigenvalue weighted by molar-refractivity contribution is 0.0600. The average molecular weight is 505 g/mol. The van der Waals surface area contributed by atoms with Crippen molar-refractivity contribution in [3.05, 3.63) is 101 Å². The van der Waals surface area contributed by atoms with Gasteiger partial charge >= 0.3 is 5.97 Å². The molecule has 8 heteroatoms. The first kappa shape index (κ1) is 25.1. The second-order valence-corrected chi connectivity index (χ2v) is 10.4. The van der Waals surface area contributed by atoms with Gasteiger partial charge in [-0.15, -0.1) is 0 Å². The zero-order chi connectivity index (χ0) is 25.9. The lowest BCUT2D eigenvalue weighted by atomic mass is 10.1. The minimum absolute atomic E-state index is 0.227. The number of benzene rings is 3. The van der Waals surface area contributed by atoms with Crippen LogP contribution in [0.4, 0.5) is 5.69 Å². The average Bonchev–Trinajstić information content (AvgIpc) is 3.23. The molecule has 0 fully saturated rings. The summed E-state index contributed by atoms with van der Waals surface area (Å²) in [6, 6.07) is 24.7. The van der Waals surface area contributed by atoms with Crippen LogP contribution in [0.2, 0.25) is 0 Å². The number of carbonyl (C=O) groups is 1. The fourth-order valence-corrected chi connectivity index (χ4v) is 4.59. The van der Waals surface area contributed by atoms with Gasteiger partial charge in [0.2, 0.25) is 10.0 Å². The highest BCUT2D eigenvalue weighted by molar-refractivity contribution is 7.92. The SMILES string of the molecule is COC(=O)c1cc(NS(C)(=O)=O)cc(-n2c(C)ccc2-c2cc(C)ccc2OCc2ccccc2)c1. The molecule has 0 atom stereocenters. The molecule has 1 aromatic heterocycles. The monoisotopic (exact) mass is 504 g/mol. The number of sulfonamides is 1. The molecule has 186 valence electrons. The van der Waals surface area contributed by atoms with Gasteiger partial charge in [-0.05, 0) is 61.9 Å². The first-order chi connectivity index (χ1) is 17.1. The van der Waals surface area contributed by atoms with Crippen molar-refractivity contribution in [3.63, 3.8) is 0 Å². The number of ether oxygens (including phenoxy) is 2. The van der Waals surface area contributed by atoms with Crippen LogP contribution in [0.1, 0.15) is 27.2 Å². The molecule has 3 aromatic carbocycles. The van der Waals surface area contributed by atoms with Crippen LogP contribution in [-0.2, 0) is 21.4 Å². The van der Waals surface area contributed by atoms with Gasteiger partial charge in [0, 0.05) is 16.9 Å². The highest BCUT2D eigenvalue weighted by Gasteiger charge is 2.18. The number of carbonyl (C=O) groups excluding carboxylic acids is 1. The van der Waals surface area contributed by atoms with E-state index < -0.39 is 16.0 Å². The van der Waals surface area contributed by atoms with Crippen molar-refractivity contribution in [2.45, 2.75) is 20.5 Å². The largest absolute Gasteiger partial charge is 0.488 e. The first-order valence-electron chi connectivity index (χ1n) is 11.3. The maximum absolute atomic E-state index is 12.4. The van der Waals surface area contributed by atoms with Crippen LogP contribution >= 0.6 is 0 Å². The van der Waals surface area contributed by atoms with Crippen LogP contribution in [0.15, 0.2) is 78.9 Å². The second-order valence-electron chi connectivity index (χ2n) is 8.60. The summed E-state index contributed by atoms with van der Waals surface area (Å²) >= 11 is 0. The topological polar surface area (TPSA) is 86.6 Å². The molecule has 0 spiro atoms. The van der Waals surface area contributed by atoms with E-state index in [1.807, 2.05) is 79.1 Å². The van der Waals surface area contributed by atoms with Gasteiger partial charge in [-0.1, -0.05) is 42.0 Å². The number of hydrogen-bond acceptors (Lipinski definition) is 5. The number of anilines is 1. The fourth-order valence-electron chi connectivity index (χ4n) is 4.05. The number of esters is 1. The molecule has 0 unspecified atom stereocenters. The van der Waals surface area contributed by atoms with Crippen LogP contribution in [0.25, 0.3) is 16.9 Å². The molecule has 0 aliphatic heterocycles. The summed E-state index contributed by atoms with van der Waals surface area (Å²) in [5.74, 6) is 0.143. The van der Waals surface area contributed by atoms with E-state index >= 15 is 0 Å². The predicted molar refractivity (Wildman–Crippen MR) is 141 cm³/mol. The molecule has 4 rings (SSSR count). The maximum Gasteiger partial charge on any atom is 0.337 e. The van der Waals surface area contributed by atoms with Crippen LogP contribution < -0.4 is 9.46 Å². The van der Waals surface area contributed by atoms with E-state index in [4.69, 9.17) is 9.47 Å². The van der Waals surface area contributed by atoms with E-state index in [2.05, 4.69) is 4.72 Å². The van der Waals surface area contributed by atoms with Crippen molar-refractivity contribution in [2.24, 2.45) is 0 Å². The molecule has 1 N–H and O–H groups in total. The van der Waals surface area contributed by atoms with Crippen molar-refractivity contribution < 1.29 is 22.7 Å². The van der Waals surface area contributed by atoms with E-state index in [0.717, 1.165) is 34.3 Å². The second kappa shape index (κ2) is 10.3. The van der Waals surface area contributed by atoms with Gasteiger partial charge in [-0.25, -0.2) is 13.2 Å². The number of aryl methyl sites for hydroxylation is 2. The highest BCUT2D eigenvalue weighted by atomic mass is 32.2. The summed E-state index contributed by atoms with van der Waals surface area (Å²) in [7, 11) is -2.28. The van der Waals surface area contributed by atoms with Crippen LogP contribution in [0, 0.1) is 13.8 Å². The van der Waals surface area contributed by atoms with Gasteiger partial charge in [-0.3, -0.25) is 4.72 Å². The molecule has 36 heavy (non-hydrogen) atoms. The summed E-state index contributed by atoms with van der Waals surface area (Å²) in [6.07, 6.45) is 1.06. The third-order valence-electron chi connectivity index (χ3n) is 5.62.